The number of nitrogens with zero attached hydrogens (tertiary/aromatic N) is 4. The van der Waals surface area contributed by atoms with E-state index < -0.39 is 11.7 Å². The van der Waals surface area contributed by atoms with Crippen LogP contribution >= 0.6 is 0 Å². The first-order chi connectivity index (χ1) is 14.4. The van der Waals surface area contributed by atoms with Crippen LogP contribution in [0.4, 0.5) is 13.2 Å². The average molecular weight is 414 g/mol. The van der Waals surface area contributed by atoms with E-state index in [4.69, 9.17) is 4.98 Å². The lowest BCUT2D eigenvalue weighted by Gasteiger charge is -2.24. The fourth-order valence-electron chi connectivity index (χ4n) is 4.11. The molecule has 0 radical (unpaired) electrons. The van der Waals surface area contributed by atoms with Gasteiger partial charge in [-0.25, -0.2) is 4.98 Å². The smallest absolute Gasteiger partial charge is 0.334 e. The average Bonchev–Trinajstić information content (AvgIpc) is 3.37. The van der Waals surface area contributed by atoms with Gasteiger partial charge in [-0.05, 0) is 56.1 Å². The summed E-state index contributed by atoms with van der Waals surface area (Å²) in [6.45, 7) is 4.80. The van der Waals surface area contributed by atoms with Gasteiger partial charge in [-0.1, -0.05) is 18.2 Å². The van der Waals surface area contributed by atoms with Gasteiger partial charge in [0.05, 0.1) is 23.8 Å². The minimum absolute atomic E-state index is 0.236. The monoisotopic (exact) mass is 414 g/mol. The first-order valence-corrected chi connectivity index (χ1v) is 10.3. The van der Waals surface area contributed by atoms with Crippen molar-refractivity contribution in [2.45, 2.75) is 51.5 Å². The molecule has 1 aliphatic heterocycles. The molecule has 0 amide bonds. The van der Waals surface area contributed by atoms with E-state index in [-0.39, 0.29) is 6.04 Å². The molecule has 3 heterocycles. The number of aromatic nitrogens is 3. The fraction of sp³-hybridized carbons (Fsp3) is 0.391. The predicted octanol–water partition coefficient (Wildman–Crippen LogP) is 5.24. The maximum Gasteiger partial charge on any atom is 0.416 e. The molecule has 158 valence electrons. The highest BCUT2D eigenvalue weighted by molar-refractivity contribution is 5.28. The Morgan fingerprint density at radius 3 is 2.63 bits per heavy atom. The normalized spacial score (nSPS) is 17.5. The maximum atomic E-state index is 12.8. The summed E-state index contributed by atoms with van der Waals surface area (Å²) in [7, 11) is 0. The zero-order valence-corrected chi connectivity index (χ0v) is 16.9. The van der Waals surface area contributed by atoms with Crippen LogP contribution in [0.15, 0.2) is 54.9 Å². The Bertz CT molecular complexity index is 979. The number of imidazole rings is 1. The number of benzene rings is 1. The molecule has 0 unspecified atom stereocenters. The van der Waals surface area contributed by atoms with Crippen LogP contribution in [-0.4, -0.2) is 26.0 Å². The van der Waals surface area contributed by atoms with Crippen molar-refractivity contribution in [3.05, 3.63) is 83.2 Å². The lowest BCUT2D eigenvalue weighted by molar-refractivity contribution is -0.137. The lowest BCUT2D eigenvalue weighted by atomic mass is 10.1. The molecule has 1 aliphatic rings. The minimum atomic E-state index is -4.31. The van der Waals surface area contributed by atoms with Crippen molar-refractivity contribution in [1.82, 2.24) is 19.4 Å². The number of halogens is 3. The molecule has 1 fully saturated rings. The molecule has 0 bridgehead atoms. The Labute approximate surface area is 174 Å². The third kappa shape index (κ3) is 4.56. The molecule has 1 aromatic carbocycles. The van der Waals surface area contributed by atoms with Gasteiger partial charge in [0.25, 0.3) is 0 Å². The minimum Gasteiger partial charge on any atom is -0.334 e. The van der Waals surface area contributed by atoms with Crippen molar-refractivity contribution >= 4 is 0 Å². The zero-order chi connectivity index (χ0) is 21.1. The molecule has 4 nitrogen and oxygen atoms in total. The van der Waals surface area contributed by atoms with Gasteiger partial charge in [-0.2, -0.15) is 13.2 Å². The molecule has 30 heavy (non-hydrogen) atoms. The molecule has 0 aliphatic carbocycles. The van der Waals surface area contributed by atoms with E-state index >= 15 is 0 Å². The summed E-state index contributed by atoms with van der Waals surface area (Å²) in [5.41, 5.74) is 2.08. The highest BCUT2D eigenvalue weighted by Gasteiger charge is 2.30. The van der Waals surface area contributed by atoms with Gasteiger partial charge < -0.3 is 4.57 Å². The van der Waals surface area contributed by atoms with Gasteiger partial charge in [0.15, 0.2) is 0 Å². The molecule has 0 spiro atoms. The summed E-state index contributed by atoms with van der Waals surface area (Å²) < 4.78 is 40.5. The van der Waals surface area contributed by atoms with Gasteiger partial charge in [0, 0.05) is 31.1 Å². The molecule has 7 heteroatoms. The lowest BCUT2D eigenvalue weighted by Crippen LogP contribution is -2.25. The number of aryl methyl sites for hydroxylation is 1. The van der Waals surface area contributed by atoms with Crippen LogP contribution < -0.4 is 0 Å². The summed E-state index contributed by atoms with van der Waals surface area (Å²) >= 11 is 0. The quantitative estimate of drug-likeness (QED) is 0.553. The second-order valence-corrected chi connectivity index (χ2v) is 7.68. The van der Waals surface area contributed by atoms with Crippen molar-refractivity contribution < 1.29 is 13.2 Å². The zero-order valence-electron chi connectivity index (χ0n) is 16.9. The van der Waals surface area contributed by atoms with Gasteiger partial charge in [0.1, 0.15) is 5.82 Å². The molecule has 2 aromatic heterocycles. The molecule has 0 saturated carbocycles. The SMILES string of the molecule is CCn1ccnc1CN1CCC[C@H]1c1cccc(Cc2ccc(C(F)(F)F)cc2)n1. The van der Waals surface area contributed by atoms with Crippen LogP contribution in [0.2, 0.25) is 0 Å². The first kappa shape index (κ1) is 20.6. The van der Waals surface area contributed by atoms with Gasteiger partial charge >= 0.3 is 6.18 Å². The number of rotatable bonds is 6. The topological polar surface area (TPSA) is 34.0 Å². The van der Waals surface area contributed by atoms with Crippen molar-refractivity contribution in [3.8, 4) is 0 Å². The molecular weight excluding hydrogens is 389 g/mol. The van der Waals surface area contributed by atoms with Gasteiger partial charge in [0.2, 0.25) is 0 Å². The van der Waals surface area contributed by atoms with E-state index in [9.17, 15) is 13.2 Å². The number of hydrogen-bond acceptors (Lipinski definition) is 3. The van der Waals surface area contributed by atoms with Crippen LogP contribution in [-0.2, 0) is 25.7 Å². The summed E-state index contributed by atoms with van der Waals surface area (Å²) in [4.78, 5) is 11.8. The van der Waals surface area contributed by atoms with Crippen molar-refractivity contribution in [1.29, 1.82) is 0 Å². The van der Waals surface area contributed by atoms with E-state index in [1.807, 2.05) is 30.6 Å². The van der Waals surface area contributed by atoms with Gasteiger partial charge in [-0.15, -0.1) is 0 Å². The second-order valence-electron chi connectivity index (χ2n) is 7.68. The maximum absolute atomic E-state index is 12.8. The summed E-state index contributed by atoms with van der Waals surface area (Å²) in [5.74, 6) is 1.06. The number of pyridine rings is 1. The predicted molar refractivity (Wildman–Crippen MR) is 109 cm³/mol. The van der Waals surface area contributed by atoms with Crippen LogP contribution in [0.25, 0.3) is 0 Å². The number of hydrogen-bond donors (Lipinski definition) is 0. The third-order valence-corrected chi connectivity index (χ3v) is 5.69. The number of alkyl halides is 3. The molecular formula is C23H25F3N4. The Balaban J connectivity index is 1.48. The first-order valence-electron chi connectivity index (χ1n) is 10.3. The van der Waals surface area contributed by atoms with Crippen molar-refractivity contribution in [3.63, 3.8) is 0 Å². The van der Waals surface area contributed by atoms with E-state index in [2.05, 4.69) is 21.4 Å². The molecule has 1 atom stereocenters. The Hall–Kier alpha value is -2.67. The van der Waals surface area contributed by atoms with E-state index in [0.29, 0.717) is 6.42 Å². The van der Waals surface area contributed by atoms with Crippen LogP contribution in [0, 0.1) is 0 Å². The highest BCUT2D eigenvalue weighted by Crippen LogP contribution is 2.32. The largest absolute Gasteiger partial charge is 0.416 e. The summed E-state index contributed by atoms with van der Waals surface area (Å²) in [6.07, 6.45) is 2.20. The van der Waals surface area contributed by atoms with Gasteiger partial charge in [-0.3, -0.25) is 9.88 Å². The van der Waals surface area contributed by atoms with Crippen LogP contribution in [0.3, 0.4) is 0 Å². The highest BCUT2D eigenvalue weighted by atomic mass is 19.4. The third-order valence-electron chi connectivity index (χ3n) is 5.69. The second kappa shape index (κ2) is 8.60. The number of likely N-dealkylation sites (tertiary alicyclic amines) is 1. The Kier molecular flexibility index (Phi) is 5.90. The summed E-state index contributed by atoms with van der Waals surface area (Å²) in [6, 6.07) is 11.5. The summed E-state index contributed by atoms with van der Waals surface area (Å²) in [5, 5.41) is 0. The van der Waals surface area contributed by atoms with Crippen LogP contribution in [0.1, 0.15) is 54.1 Å². The van der Waals surface area contributed by atoms with E-state index in [1.165, 1.54) is 12.1 Å². The molecule has 0 N–H and O–H groups in total. The Morgan fingerprint density at radius 2 is 1.90 bits per heavy atom. The standard InChI is InChI=1S/C23H25F3N4/c1-2-29-14-12-27-22(29)16-30-13-4-7-21(30)20-6-3-5-19(28-20)15-17-8-10-18(11-9-17)23(24,25)26/h3,5-6,8-12,14,21H,2,4,7,13,15-16H2,1H3/t21-/m0/s1. The van der Waals surface area contributed by atoms with E-state index in [0.717, 1.165) is 67.4 Å². The molecule has 4 rings (SSSR count). The molecule has 1 saturated heterocycles. The van der Waals surface area contributed by atoms with Crippen molar-refractivity contribution in [2.24, 2.45) is 0 Å². The van der Waals surface area contributed by atoms with E-state index in [1.54, 1.807) is 0 Å². The van der Waals surface area contributed by atoms with Crippen LogP contribution in [0.5, 0.6) is 0 Å². The van der Waals surface area contributed by atoms with Crippen molar-refractivity contribution in [2.75, 3.05) is 6.54 Å². The molecule has 3 aromatic rings. The Morgan fingerprint density at radius 1 is 1.10 bits per heavy atom. The fourth-order valence-corrected chi connectivity index (χ4v) is 4.11.